The fourth-order valence-electron chi connectivity index (χ4n) is 5.10. The number of nitrogens with two attached hydrogens (primary N) is 1. The molecule has 192 valence electrons. The van der Waals surface area contributed by atoms with E-state index in [2.05, 4.69) is 36.0 Å². The van der Waals surface area contributed by atoms with Crippen LogP contribution in [0.2, 0.25) is 0 Å². The number of aromatic nitrogens is 1. The molecule has 1 atom stereocenters. The third-order valence-electron chi connectivity index (χ3n) is 7.04. The number of hydrogen-bond donors (Lipinski definition) is 2. The van der Waals surface area contributed by atoms with E-state index >= 15 is 0 Å². The van der Waals surface area contributed by atoms with Crippen molar-refractivity contribution in [3.8, 4) is 11.6 Å². The van der Waals surface area contributed by atoms with Crippen LogP contribution in [0.5, 0.6) is 11.6 Å². The van der Waals surface area contributed by atoms with Crippen molar-refractivity contribution in [2.24, 2.45) is 22.1 Å². The molecule has 1 aliphatic carbocycles. The summed E-state index contributed by atoms with van der Waals surface area (Å²) in [6.45, 7) is 9.71. The zero-order valence-corrected chi connectivity index (χ0v) is 22.3. The second kappa shape index (κ2) is 12.6. The maximum absolute atomic E-state index is 6.55. The van der Waals surface area contributed by atoms with Crippen molar-refractivity contribution in [3.05, 3.63) is 48.2 Å². The van der Waals surface area contributed by atoms with Gasteiger partial charge in [-0.25, -0.2) is 9.98 Å². The Morgan fingerprint density at radius 1 is 1.11 bits per heavy atom. The van der Waals surface area contributed by atoms with E-state index in [0.29, 0.717) is 29.2 Å². The van der Waals surface area contributed by atoms with Crippen molar-refractivity contribution >= 4 is 24.1 Å². The fraction of sp³-hybridized carbons (Fsp3) is 0.571. The predicted octanol–water partition coefficient (Wildman–Crippen LogP) is 6.42. The van der Waals surface area contributed by atoms with E-state index in [1.807, 2.05) is 36.4 Å². The molecule has 2 aromatic rings. The van der Waals surface area contributed by atoms with Crippen molar-refractivity contribution in [1.82, 2.24) is 15.2 Å². The first-order valence-electron chi connectivity index (χ1n) is 12.9. The number of hydrogen-bond acceptors (Lipinski definition) is 6. The van der Waals surface area contributed by atoms with Crippen LogP contribution < -0.4 is 15.8 Å². The number of rotatable bonds is 9. The van der Waals surface area contributed by atoms with Gasteiger partial charge in [-0.05, 0) is 62.2 Å². The third-order valence-corrected chi connectivity index (χ3v) is 7.04. The molecule has 3 N–H and O–H groups in total. The Bertz CT molecular complexity index is 954. The molecular weight excluding hydrogens is 458 g/mol. The Balaban J connectivity index is 0.00000342. The van der Waals surface area contributed by atoms with Gasteiger partial charge in [-0.2, -0.15) is 0 Å². The molecule has 1 fully saturated rings. The highest BCUT2D eigenvalue weighted by atomic mass is 35.5. The first kappa shape index (κ1) is 27.3. The van der Waals surface area contributed by atoms with Gasteiger partial charge in [0.15, 0.2) is 5.96 Å². The van der Waals surface area contributed by atoms with E-state index < -0.39 is 0 Å². The largest absolute Gasteiger partial charge is 0.439 e. The Kier molecular flexibility index (Phi) is 9.81. The number of aliphatic imine (C=N–C) groups is 1. The second-order valence-corrected chi connectivity index (χ2v) is 11.0. The molecule has 0 bridgehead atoms. The van der Waals surface area contributed by atoms with Crippen molar-refractivity contribution < 1.29 is 4.74 Å². The van der Waals surface area contributed by atoms with Gasteiger partial charge in [-0.15, -0.1) is 12.4 Å². The Morgan fingerprint density at radius 3 is 2.57 bits per heavy atom. The van der Waals surface area contributed by atoms with Crippen molar-refractivity contribution in [2.75, 3.05) is 13.1 Å². The number of pyridine rings is 1. The third kappa shape index (κ3) is 7.84. The van der Waals surface area contributed by atoms with Gasteiger partial charge in [0.05, 0.1) is 11.9 Å². The van der Waals surface area contributed by atoms with Crippen LogP contribution >= 0.6 is 12.4 Å². The molecule has 0 radical (unpaired) electrons. The first-order chi connectivity index (χ1) is 16.4. The molecule has 2 heterocycles. The van der Waals surface area contributed by atoms with Crippen LogP contribution in [0.3, 0.4) is 0 Å². The number of fused-ring (bicyclic) bond motifs is 1. The van der Waals surface area contributed by atoms with E-state index in [1.165, 1.54) is 38.5 Å². The van der Waals surface area contributed by atoms with Crippen LogP contribution in [0.4, 0.5) is 5.69 Å². The normalized spacial score (nSPS) is 17.2. The lowest BCUT2D eigenvalue weighted by molar-refractivity contribution is 0.164. The van der Waals surface area contributed by atoms with Gasteiger partial charge in [-0.1, -0.05) is 58.2 Å². The van der Waals surface area contributed by atoms with E-state index in [1.54, 1.807) is 6.20 Å². The Hall–Kier alpha value is -2.31. The van der Waals surface area contributed by atoms with Gasteiger partial charge in [0.25, 0.3) is 0 Å². The molecule has 1 saturated carbocycles. The van der Waals surface area contributed by atoms with Crippen LogP contribution in [0.25, 0.3) is 0 Å². The second-order valence-electron chi connectivity index (χ2n) is 11.0. The SMILES string of the molecule is CC(C)(C)CCNCC[C@@H](C1CCCCC1)N1Cc2cc(Oc3ccccc3)ncc2N=C1N.Cl. The monoisotopic (exact) mass is 499 g/mol. The molecule has 35 heavy (non-hydrogen) atoms. The van der Waals surface area contributed by atoms with Gasteiger partial charge in [0, 0.05) is 24.2 Å². The number of halogens is 1. The van der Waals surface area contributed by atoms with Gasteiger partial charge in [-0.3, -0.25) is 0 Å². The minimum atomic E-state index is 0. The molecular formula is C28H42ClN5O. The number of nitrogens with one attached hydrogen (secondary N) is 1. The molecule has 6 nitrogen and oxygen atoms in total. The average molecular weight is 500 g/mol. The van der Waals surface area contributed by atoms with Crippen LogP contribution in [0, 0.1) is 11.3 Å². The number of guanidine groups is 1. The summed E-state index contributed by atoms with van der Waals surface area (Å²) < 4.78 is 5.98. The summed E-state index contributed by atoms with van der Waals surface area (Å²) in [6, 6.07) is 12.2. The summed E-state index contributed by atoms with van der Waals surface area (Å²) in [6.07, 6.45) is 10.6. The Labute approximate surface area is 217 Å². The highest BCUT2D eigenvalue weighted by Crippen LogP contribution is 2.35. The topological polar surface area (TPSA) is 75.8 Å². The molecule has 4 rings (SSSR count). The summed E-state index contributed by atoms with van der Waals surface area (Å²) in [5.41, 5.74) is 8.87. The molecule has 7 heteroatoms. The maximum atomic E-state index is 6.55. The van der Waals surface area contributed by atoms with Crippen molar-refractivity contribution in [2.45, 2.75) is 78.3 Å². The van der Waals surface area contributed by atoms with Gasteiger partial charge in [0.2, 0.25) is 5.88 Å². The molecule has 0 spiro atoms. The summed E-state index contributed by atoms with van der Waals surface area (Å²) in [5.74, 6) is 2.66. The summed E-state index contributed by atoms with van der Waals surface area (Å²) >= 11 is 0. The van der Waals surface area contributed by atoms with Crippen LogP contribution in [0.15, 0.2) is 47.6 Å². The van der Waals surface area contributed by atoms with E-state index in [4.69, 9.17) is 15.5 Å². The minimum absolute atomic E-state index is 0. The summed E-state index contributed by atoms with van der Waals surface area (Å²) in [4.78, 5) is 11.6. The first-order valence-corrected chi connectivity index (χ1v) is 12.9. The van der Waals surface area contributed by atoms with Gasteiger partial charge < -0.3 is 20.7 Å². The summed E-state index contributed by atoms with van der Waals surface area (Å²) in [7, 11) is 0. The standard InChI is InChI=1S/C28H41N5O.ClH/c1-28(2,3)15-17-30-16-14-25(21-10-6-4-7-11-21)33-20-22-18-26(31-19-24(22)32-27(33)29)34-23-12-8-5-9-13-23;/h5,8-9,12-13,18-19,21,25,30H,4,6-7,10-11,14-17,20H2,1-3H3,(H2,29,32);1H/t25-;/m0./s1. The quantitative estimate of drug-likeness (QED) is 0.389. The number of nitrogens with zero attached hydrogens (tertiary/aromatic N) is 3. The highest BCUT2D eigenvalue weighted by Gasteiger charge is 2.32. The predicted molar refractivity (Wildman–Crippen MR) is 147 cm³/mol. The lowest BCUT2D eigenvalue weighted by Crippen LogP contribution is -2.50. The molecule has 1 aromatic carbocycles. The zero-order chi connectivity index (χ0) is 24.0. The van der Waals surface area contributed by atoms with Crippen molar-refractivity contribution in [3.63, 3.8) is 0 Å². The average Bonchev–Trinajstić information content (AvgIpc) is 2.82. The number of benzene rings is 1. The number of para-hydroxylation sites is 1. The number of ether oxygens (including phenoxy) is 1. The van der Waals surface area contributed by atoms with Crippen LogP contribution in [-0.2, 0) is 6.54 Å². The van der Waals surface area contributed by atoms with Gasteiger partial charge >= 0.3 is 0 Å². The molecule has 0 saturated heterocycles. The summed E-state index contributed by atoms with van der Waals surface area (Å²) in [5, 5.41) is 3.68. The fourth-order valence-corrected chi connectivity index (χ4v) is 5.10. The smallest absolute Gasteiger partial charge is 0.219 e. The molecule has 1 aliphatic heterocycles. The van der Waals surface area contributed by atoms with Gasteiger partial charge in [0.1, 0.15) is 5.75 Å². The molecule has 2 aliphatic rings. The molecule has 0 unspecified atom stereocenters. The molecule has 0 amide bonds. The van der Waals surface area contributed by atoms with E-state index in [0.717, 1.165) is 43.1 Å². The zero-order valence-electron chi connectivity index (χ0n) is 21.5. The van der Waals surface area contributed by atoms with E-state index in [-0.39, 0.29) is 12.4 Å². The Morgan fingerprint density at radius 2 is 1.86 bits per heavy atom. The van der Waals surface area contributed by atoms with E-state index in [9.17, 15) is 0 Å². The lowest BCUT2D eigenvalue weighted by atomic mass is 9.81. The van der Waals surface area contributed by atoms with Crippen LogP contribution in [0.1, 0.15) is 71.3 Å². The molecule has 1 aromatic heterocycles. The van der Waals surface area contributed by atoms with Crippen LogP contribution in [-0.4, -0.2) is 35.0 Å². The maximum Gasteiger partial charge on any atom is 0.219 e. The lowest BCUT2D eigenvalue weighted by Gasteiger charge is -2.41. The van der Waals surface area contributed by atoms with Crippen molar-refractivity contribution in [1.29, 1.82) is 0 Å². The minimum Gasteiger partial charge on any atom is -0.439 e. The highest BCUT2D eigenvalue weighted by molar-refractivity contribution is 5.85.